The molecule has 3 aliphatic rings. The minimum Gasteiger partial charge on any atom is -0.486 e. The SMILES string of the molecule is NCC1CCCCN1C(=O)C1CCN(c2ccc3c(c2)OCCO3)C1=O. The fraction of sp³-hybridized carbons (Fsp3) is 0.579. The number of carbonyl (C=O) groups is 2. The molecule has 7 nitrogen and oxygen atoms in total. The van der Waals surface area contributed by atoms with Crippen LogP contribution in [0.5, 0.6) is 11.5 Å². The smallest absolute Gasteiger partial charge is 0.239 e. The summed E-state index contributed by atoms with van der Waals surface area (Å²) >= 11 is 0. The highest BCUT2D eigenvalue weighted by atomic mass is 16.6. The number of nitrogens with zero attached hydrogens (tertiary/aromatic N) is 2. The second-order valence-corrected chi connectivity index (χ2v) is 7.08. The normalized spacial score (nSPS) is 25.5. The summed E-state index contributed by atoms with van der Waals surface area (Å²) in [4.78, 5) is 29.4. The van der Waals surface area contributed by atoms with Crippen LogP contribution in [0.15, 0.2) is 18.2 Å². The van der Waals surface area contributed by atoms with Gasteiger partial charge in [-0.3, -0.25) is 9.59 Å². The first-order chi connectivity index (χ1) is 12.7. The van der Waals surface area contributed by atoms with E-state index in [9.17, 15) is 9.59 Å². The molecular weight excluding hydrogens is 334 g/mol. The largest absolute Gasteiger partial charge is 0.486 e. The van der Waals surface area contributed by atoms with Crippen LogP contribution in [0.4, 0.5) is 5.69 Å². The Kier molecular flexibility index (Phi) is 4.72. The maximum atomic E-state index is 13.0. The van der Waals surface area contributed by atoms with Crippen LogP contribution >= 0.6 is 0 Å². The number of hydrogen-bond donors (Lipinski definition) is 1. The number of nitrogens with two attached hydrogens (primary N) is 1. The van der Waals surface area contributed by atoms with E-state index >= 15 is 0 Å². The zero-order chi connectivity index (χ0) is 18.1. The second-order valence-electron chi connectivity index (χ2n) is 7.08. The van der Waals surface area contributed by atoms with Crippen molar-refractivity contribution in [1.29, 1.82) is 0 Å². The Morgan fingerprint density at radius 2 is 1.92 bits per heavy atom. The number of hydrogen-bond acceptors (Lipinski definition) is 5. The average molecular weight is 359 g/mol. The van der Waals surface area contributed by atoms with E-state index in [1.807, 2.05) is 23.1 Å². The van der Waals surface area contributed by atoms with Crippen LogP contribution in [0.25, 0.3) is 0 Å². The molecule has 0 saturated carbocycles. The third kappa shape index (κ3) is 3.00. The second kappa shape index (κ2) is 7.15. The van der Waals surface area contributed by atoms with Crippen molar-refractivity contribution in [3.8, 4) is 11.5 Å². The van der Waals surface area contributed by atoms with Crippen LogP contribution < -0.4 is 20.1 Å². The van der Waals surface area contributed by atoms with Crippen molar-refractivity contribution in [2.75, 3.05) is 37.7 Å². The molecule has 140 valence electrons. The monoisotopic (exact) mass is 359 g/mol. The van der Waals surface area contributed by atoms with Gasteiger partial charge in [0.15, 0.2) is 11.5 Å². The molecule has 2 unspecified atom stereocenters. The lowest BCUT2D eigenvalue weighted by Gasteiger charge is -2.36. The Labute approximate surface area is 153 Å². The maximum absolute atomic E-state index is 13.0. The quantitative estimate of drug-likeness (QED) is 0.819. The summed E-state index contributed by atoms with van der Waals surface area (Å²) < 4.78 is 11.1. The number of fused-ring (bicyclic) bond motifs is 1. The maximum Gasteiger partial charge on any atom is 0.239 e. The molecule has 2 atom stereocenters. The van der Waals surface area contributed by atoms with Crippen molar-refractivity contribution in [1.82, 2.24) is 4.90 Å². The molecule has 2 N–H and O–H groups in total. The molecule has 2 amide bonds. The first-order valence-electron chi connectivity index (χ1n) is 9.40. The number of carbonyl (C=O) groups excluding carboxylic acids is 2. The third-order valence-corrected chi connectivity index (χ3v) is 5.52. The Balaban J connectivity index is 1.50. The summed E-state index contributed by atoms with van der Waals surface area (Å²) in [5, 5.41) is 0. The van der Waals surface area contributed by atoms with Crippen LogP contribution in [0, 0.1) is 5.92 Å². The molecule has 3 heterocycles. The molecule has 2 fully saturated rings. The van der Waals surface area contributed by atoms with Crippen molar-refractivity contribution in [3.63, 3.8) is 0 Å². The van der Waals surface area contributed by atoms with E-state index in [0.717, 1.165) is 24.9 Å². The van der Waals surface area contributed by atoms with E-state index in [4.69, 9.17) is 15.2 Å². The predicted octanol–water partition coefficient (Wildman–Crippen LogP) is 1.15. The predicted molar refractivity (Wildman–Crippen MR) is 96.3 cm³/mol. The Hall–Kier alpha value is -2.28. The van der Waals surface area contributed by atoms with Gasteiger partial charge in [0.05, 0.1) is 0 Å². The summed E-state index contributed by atoms with van der Waals surface area (Å²) in [5.41, 5.74) is 6.59. The van der Waals surface area contributed by atoms with Crippen molar-refractivity contribution >= 4 is 17.5 Å². The van der Waals surface area contributed by atoms with Gasteiger partial charge in [0.1, 0.15) is 19.1 Å². The standard InChI is InChI=1S/C19H25N3O4/c20-12-14-3-1-2-7-21(14)18(23)15-6-8-22(19(15)24)13-4-5-16-17(11-13)26-10-9-25-16/h4-5,11,14-15H,1-3,6-10,12,20H2. The zero-order valence-corrected chi connectivity index (χ0v) is 14.9. The van der Waals surface area contributed by atoms with Gasteiger partial charge in [0.25, 0.3) is 0 Å². The molecule has 2 saturated heterocycles. The number of amides is 2. The molecule has 0 radical (unpaired) electrons. The van der Waals surface area contributed by atoms with Gasteiger partial charge in [-0.15, -0.1) is 0 Å². The fourth-order valence-electron chi connectivity index (χ4n) is 4.10. The molecule has 26 heavy (non-hydrogen) atoms. The van der Waals surface area contributed by atoms with Crippen LogP contribution in [0.1, 0.15) is 25.7 Å². The Bertz CT molecular complexity index is 708. The van der Waals surface area contributed by atoms with Gasteiger partial charge in [0, 0.05) is 37.4 Å². The lowest BCUT2D eigenvalue weighted by Crippen LogP contribution is -2.50. The van der Waals surface area contributed by atoms with E-state index in [2.05, 4.69) is 0 Å². The molecule has 1 aromatic rings. The van der Waals surface area contributed by atoms with E-state index < -0.39 is 5.92 Å². The van der Waals surface area contributed by atoms with Gasteiger partial charge in [0.2, 0.25) is 11.8 Å². The minimum atomic E-state index is -0.602. The molecule has 0 aliphatic carbocycles. The molecule has 0 bridgehead atoms. The summed E-state index contributed by atoms with van der Waals surface area (Å²) in [5.74, 6) is 0.544. The molecule has 3 aliphatic heterocycles. The molecule has 1 aromatic carbocycles. The van der Waals surface area contributed by atoms with Crippen molar-refractivity contribution < 1.29 is 19.1 Å². The number of rotatable bonds is 3. The Morgan fingerprint density at radius 3 is 2.73 bits per heavy atom. The summed E-state index contributed by atoms with van der Waals surface area (Å²) in [7, 11) is 0. The highest BCUT2D eigenvalue weighted by Crippen LogP contribution is 2.36. The number of benzene rings is 1. The highest BCUT2D eigenvalue weighted by molar-refractivity contribution is 6.09. The van der Waals surface area contributed by atoms with E-state index in [0.29, 0.717) is 50.8 Å². The van der Waals surface area contributed by atoms with Crippen LogP contribution in [0.2, 0.25) is 0 Å². The van der Waals surface area contributed by atoms with E-state index in [-0.39, 0.29) is 17.9 Å². The van der Waals surface area contributed by atoms with Crippen molar-refractivity contribution in [3.05, 3.63) is 18.2 Å². The average Bonchev–Trinajstić information content (AvgIpc) is 3.08. The first kappa shape index (κ1) is 17.1. The van der Waals surface area contributed by atoms with Gasteiger partial charge in [-0.25, -0.2) is 0 Å². The molecule has 4 rings (SSSR count). The van der Waals surface area contributed by atoms with Gasteiger partial charge >= 0.3 is 0 Å². The molecular formula is C19H25N3O4. The van der Waals surface area contributed by atoms with Gasteiger partial charge in [-0.05, 0) is 37.8 Å². The first-order valence-corrected chi connectivity index (χ1v) is 9.40. The van der Waals surface area contributed by atoms with Gasteiger partial charge < -0.3 is 25.0 Å². The topological polar surface area (TPSA) is 85.1 Å². The zero-order valence-electron chi connectivity index (χ0n) is 14.9. The van der Waals surface area contributed by atoms with Gasteiger partial charge in [-0.2, -0.15) is 0 Å². The molecule has 0 spiro atoms. The van der Waals surface area contributed by atoms with Crippen LogP contribution in [-0.4, -0.2) is 55.6 Å². The van der Waals surface area contributed by atoms with E-state index in [1.165, 1.54) is 0 Å². The summed E-state index contributed by atoms with van der Waals surface area (Å²) in [6.07, 6.45) is 3.54. The Morgan fingerprint density at radius 1 is 1.12 bits per heavy atom. The number of piperidine rings is 1. The van der Waals surface area contributed by atoms with E-state index in [1.54, 1.807) is 4.90 Å². The summed E-state index contributed by atoms with van der Waals surface area (Å²) in [6.45, 7) is 2.73. The van der Waals surface area contributed by atoms with Crippen molar-refractivity contribution in [2.45, 2.75) is 31.7 Å². The van der Waals surface area contributed by atoms with Crippen LogP contribution in [0.3, 0.4) is 0 Å². The summed E-state index contributed by atoms with van der Waals surface area (Å²) in [6, 6.07) is 5.55. The third-order valence-electron chi connectivity index (χ3n) is 5.52. The lowest BCUT2D eigenvalue weighted by atomic mass is 9.98. The lowest BCUT2D eigenvalue weighted by molar-refractivity contribution is -0.142. The molecule has 7 heteroatoms. The number of anilines is 1. The van der Waals surface area contributed by atoms with Crippen LogP contribution in [-0.2, 0) is 9.59 Å². The number of likely N-dealkylation sites (tertiary alicyclic amines) is 1. The number of ether oxygens (including phenoxy) is 2. The highest BCUT2D eigenvalue weighted by Gasteiger charge is 2.41. The van der Waals surface area contributed by atoms with Gasteiger partial charge in [-0.1, -0.05) is 0 Å². The minimum absolute atomic E-state index is 0.0624. The molecule has 0 aromatic heterocycles. The van der Waals surface area contributed by atoms with Crippen molar-refractivity contribution in [2.24, 2.45) is 11.7 Å². The fourth-order valence-corrected chi connectivity index (χ4v) is 4.10.